The van der Waals surface area contributed by atoms with Crippen molar-refractivity contribution in [3.63, 3.8) is 0 Å². The lowest BCUT2D eigenvalue weighted by Crippen LogP contribution is -1.93. The van der Waals surface area contributed by atoms with Crippen LogP contribution in [0, 0.1) is 0 Å². The fourth-order valence-corrected chi connectivity index (χ4v) is 6.81. The molecule has 0 amide bonds. The van der Waals surface area contributed by atoms with E-state index in [0.29, 0.717) is 0 Å². The monoisotopic (exact) mass is 640 g/mol. The average molecular weight is 641 g/mol. The van der Waals surface area contributed by atoms with E-state index in [2.05, 4.69) is 104 Å². The molecule has 0 aliphatic carbocycles. The van der Waals surface area contributed by atoms with E-state index in [4.69, 9.17) is 4.98 Å². The van der Waals surface area contributed by atoms with E-state index in [9.17, 15) is 0 Å². The van der Waals surface area contributed by atoms with Crippen LogP contribution in [-0.2, 0) is 0 Å². The highest BCUT2D eigenvalue weighted by atomic mass is 14.7. The maximum absolute atomic E-state index is 4.74. The Morgan fingerprint density at radius 2 is 0.640 bits per heavy atom. The first kappa shape index (κ1) is 29.2. The maximum Gasteiger partial charge on any atom is 0.0347 e. The van der Waals surface area contributed by atoms with Crippen LogP contribution in [0.5, 0.6) is 0 Å². The molecule has 234 valence electrons. The number of hydrogen-bond donors (Lipinski definition) is 0. The van der Waals surface area contributed by atoms with Crippen LogP contribution in [0.2, 0.25) is 0 Å². The third-order valence-corrected chi connectivity index (χ3v) is 9.15. The molecule has 6 heteroatoms. The first-order valence-electron chi connectivity index (χ1n) is 16.4. The van der Waals surface area contributed by atoms with Crippen LogP contribution in [0.4, 0.5) is 0 Å². The van der Waals surface area contributed by atoms with Crippen molar-refractivity contribution in [2.45, 2.75) is 0 Å². The predicted octanol–water partition coefficient (Wildman–Crippen LogP) is 10.4. The summed E-state index contributed by atoms with van der Waals surface area (Å²) in [6.07, 6.45) is 22.5. The molecule has 0 aliphatic heterocycles. The van der Waals surface area contributed by atoms with E-state index in [0.717, 1.165) is 88.3 Å². The Labute approximate surface area is 288 Å². The van der Waals surface area contributed by atoms with Gasteiger partial charge in [-0.1, -0.05) is 54.6 Å². The van der Waals surface area contributed by atoms with Crippen molar-refractivity contribution in [2.24, 2.45) is 0 Å². The molecule has 0 saturated heterocycles. The normalized spacial score (nSPS) is 11.2. The van der Waals surface area contributed by atoms with Crippen molar-refractivity contribution in [3.8, 4) is 66.8 Å². The van der Waals surface area contributed by atoms with Gasteiger partial charge in [-0.05, 0) is 80.7 Å². The van der Waals surface area contributed by atoms with Crippen LogP contribution in [0.15, 0.2) is 171 Å². The fourth-order valence-electron chi connectivity index (χ4n) is 6.81. The van der Waals surface area contributed by atoms with Crippen LogP contribution in [0.3, 0.4) is 0 Å². The summed E-state index contributed by atoms with van der Waals surface area (Å²) in [5.41, 5.74) is 12.5. The Morgan fingerprint density at radius 3 is 1.06 bits per heavy atom. The van der Waals surface area contributed by atoms with Gasteiger partial charge in [0.25, 0.3) is 0 Å². The zero-order valence-corrected chi connectivity index (χ0v) is 26.8. The summed E-state index contributed by atoms with van der Waals surface area (Å²) in [5, 5.41) is 4.50. The summed E-state index contributed by atoms with van der Waals surface area (Å²) < 4.78 is 0. The zero-order valence-electron chi connectivity index (χ0n) is 26.8. The average Bonchev–Trinajstić information content (AvgIpc) is 3.20. The molecule has 0 N–H and O–H groups in total. The van der Waals surface area contributed by atoms with E-state index >= 15 is 0 Å². The van der Waals surface area contributed by atoms with Crippen LogP contribution >= 0.6 is 0 Å². The third-order valence-electron chi connectivity index (χ3n) is 9.15. The summed E-state index contributed by atoms with van der Waals surface area (Å²) in [5.74, 6) is 0. The Hall–Kier alpha value is -6.92. The quantitative estimate of drug-likeness (QED) is 0.168. The summed E-state index contributed by atoms with van der Waals surface area (Å²) in [7, 11) is 0. The minimum Gasteiger partial charge on any atom is -0.264 e. The van der Waals surface area contributed by atoms with Crippen LogP contribution in [0.25, 0.3) is 88.3 Å². The summed E-state index contributed by atoms with van der Waals surface area (Å²) >= 11 is 0. The molecule has 0 atom stereocenters. The lowest BCUT2D eigenvalue weighted by molar-refractivity contribution is 1.30. The second-order valence-electron chi connectivity index (χ2n) is 12.2. The van der Waals surface area contributed by atoms with Gasteiger partial charge >= 0.3 is 0 Å². The van der Waals surface area contributed by atoms with E-state index in [-0.39, 0.29) is 0 Å². The largest absolute Gasteiger partial charge is 0.264 e. The number of rotatable bonds is 6. The maximum atomic E-state index is 4.74. The van der Waals surface area contributed by atoms with Crippen LogP contribution < -0.4 is 0 Å². The van der Waals surface area contributed by atoms with E-state index in [1.54, 1.807) is 18.6 Å². The molecule has 9 aromatic rings. The molecule has 0 unspecified atom stereocenters. The Kier molecular flexibility index (Phi) is 7.37. The number of nitrogens with zero attached hydrogens (tertiary/aromatic N) is 6. The number of aromatic nitrogens is 6. The molecule has 6 nitrogen and oxygen atoms in total. The highest BCUT2D eigenvalue weighted by Crippen LogP contribution is 2.44. The first-order chi connectivity index (χ1) is 24.8. The number of hydrogen-bond acceptors (Lipinski definition) is 6. The van der Waals surface area contributed by atoms with Crippen LogP contribution in [-0.4, -0.2) is 29.9 Å². The molecule has 6 heterocycles. The van der Waals surface area contributed by atoms with Crippen molar-refractivity contribution < 1.29 is 0 Å². The predicted molar refractivity (Wildman–Crippen MR) is 201 cm³/mol. The van der Waals surface area contributed by atoms with Gasteiger partial charge in [-0.2, -0.15) is 0 Å². The van der Waals surface area contributed by atoms with Gasteiger partial charge in [-0.15, -0.1) is 0 Å². The lowest BCUT2D eigenvalue weighted by atomic mass is 9.86. The molecule has 0 fully saturated rings. The van der Waals surface area contributed by atoms with Gasteiger partial charge in [0.05, 0.1) is 0 Å². The highest BCUT2D eigenvalue weighted by Gasteiger charge is 2.18. The molecular weight excluding hydrogens is 613 g/mol. The van der Waals surface area contributed by atoms with Gasteiger partial charge < -0.3 is 0 Å². The van der Waals surface area contributed by atoms with Crippen molar-refractivity contribution in [1.29, 1.82) is 0 Å². The lowest BCUT2D eigenvalue weighted by Gasteiger charge is -2.18. The molecule has 6 aromatic heterocycles. The van der Waals surface area contributed by atoms with E-state index < -0.39 is 0 Å². The summed E-state index contributed by atoms with van der Waals surface area (Å²) in [6.45, 7) is 0. The molecule has 0 spiro atoms. The van der Waals surface area contributed by atoms with Crippen molar-refractivity contribution >= 4 is 21.5 Å². The van der Waals surface area contributed by atoms with Gasteiger partial charge in [0.15, 0.2) is 0 Å². The Bertz CT molecular complexity index is 2500. The first-order valence-corrected chi connectivity index (χ1v) is 16.4. The topological polar surface area (TPSA) is 77.3 Å². The highest BCUT2D eigenvalue weighted by molar-refractivity contribution is 6.19. The number of pyridine rings is 6. The van der Waals surface area contributed by atoms with Gasteiger partial charge in [0.2, 0.25) is 0 Å². The third kappa shape index (κ3) is 5.35. The van der Waals surface area contributed by atoms with Crippen LogP contribution in [0.1, 0.15) is 0 Å². The summed E-state index contributed by atoms with van der Waals surface area (Å²) in [6, 6.07) is 34.0. The Morgan fingerprint density at radius 1 is 0.260 bits per heavy atom. The van der Waals surface area contributed by atoms with Gasteiger partial charge in [0.1, 0.15) is 0 Å². The molecule has 0 radical (unpaired) electrons. The molecule has 50 heavy (non-hydrogen) atoms. The molecule has 0 aliphatic rings. The fraction of sp³-hybridized carbons (Fsp3) is 0. The molecule has 0 saturated carbocycles. The van der Waals surface area contributed by atoms with E-state index in [1.807, 2.05) is 74.0 Å². The molecule has 0 bridgehead atoms. The number of fused-ring (bicyclic) bond motifs is 2. The smallest absolute Gasteiger partial charge is 0.0347 e. The standard InChI is InChI=1S/C44H28N6/c1-9-38(35-16-32(23-48-26-35)29-6-3-13-45-20-29)42-19-43-39(36-17-33(24-49-27-36)30-7-4-14-46-21-30)10-2-12-41(43)44(40(42)11-1)37-18-34(25-50-28-37)31-8-5-15-47-22-31/h1-28H. The molecule has 3 aromatic carbocycles. The number of benzene rings is 3. The molecule has 9 rings (SSSR count). The van der Waals surface area contributed by atoms with Crippen molar-refractivity contribution in [2.75, 3.05) is 0 Å². The van der Waals surface area contributed by atoms with Crippen molar-refractivity contribution in [3.05, 3.63) is 171 Å². The Balaban J connectivity index is 1.32. The van der Waals surface area contributed by atoms with E-state index in [1.165, 1.54) is 0 Å². The second kappa shape index (κ2) is 12.6. The SMILES string of the molecule is c1cncc(-c2cncc(-c3cccc4c(-c5cncc(-c6cccnc6)c5)c5cccc(-c6cncc(-c7cccnc7)c6)c5cc34)c2)c1. The second-order valence-corrected chi connectivity index (χ2v) is 12.2. The van der Waals surface area contributed by atoms with Gasteiger partial charge in [-0.3, -0.25) is 29.9 Å². The zero-order chi connectivity index (χ0) is 33.3. The van der Waals surface area contributed by atoms with Gasteiger partial charge in [-0.25, -0.2) is 0 Å². The molecular formula is C44H28N6. The minimum absolute atomic E-state index is 1.01. The summed E-state index contributed by atoms with van der Waals surface area (Å²) in [4.78, 5) is 27.1. The minimum atomic E-state index is 1.01. The van der Waals surface area contributed by atoms with Crippen molar-refractivity contribution in [1.82, 2.24) is 29.9 Å². The van der Waals surface area contributed by atoms with Gasteiger partial charge in [0, 0.05) is 124 Å².